The van der Waals surface area contributed by atoms with Crippen LogP contribution in [-0.4, -0.2) is 45.8 Å². The lowest BCUT2D eigenvalue weighted by Gasteiger charge is -2.34. The van der Waals surface area contributed by atoms with Gasteiger partial charge in [-0.25, -0.2) is 4.98 Å². The summed E-state index contributed by atoms with van der Waals surface area (Å²) in [5.74, 6) is 2.52. The molecule has 144 valence electrons. The van der Waals surface area contributed by atoms with Gasteiger partial charge in [-0.05, 0) is 44.0 Å². The second-order valence-electron chi connectivity index (χ2n) is 7.11. The zero-order valence-electron chi connectivity index (χ0n) is 16.2. The van der Waals surface area contributed by atoms with Crippen molar-refractivity contribution in [2.45, 2.75) is 19.8 Å². The van der Waals surface area contributed by atoms with E-state index in [0.29, 0.717) is 6.54 Å². The number of para-hydroxylation sites is 1. The molecule has 4 rings (SSSR count). The van der Waals surface area contributed by atoms with Gasteiger partial charge >= 0.3 is 0 Å². The van der Waals surface area contributed by atoms with Gasteiger partial charge in [-0.2, -0.15) is 0 Å². The van der Waals surface area contributed by atoms with E-state index in [1.807, 2.05) is 67.2 Å². The van der Waals surface area contributed by atoms with Gasteiger partial charge in [-0.3, -0.25) is 9.36 Å². The van der Waals surface area contributed by atoms with Gasteiger partial charge in [0, 0.05) is 38.2 Å². The Balaban J connectivity index is 1.46. The standard InChI is InChI=1S/C21H24N6O/c1-16-22-12-14-27(16)20-11-10-19(23-24-20)26-13-6-7-17(15-26)21(28)25(2)18-8-4-3-5-9-18/h3-5,8-12,14,17H,6-7,13,15H2,1-2H3. The average molecular weight is 376 g/mol. The number of imidazole rings is 1. The maximum absolute atomic E-state index is 13.0. The Hall–Kier alpha value is -3.22. The van der Waals surface area contributed by atoms with Crippen LogP contribution in [0.4, 0.5) is 11.5 Å². The number of carbonyl (C=O) groups is 1. The number of benzene rings is 1. The van der Waals surface area contributed by atoms with Crippen molar-refractivity contribution in [3.8, 4) is 5.82 Å². The first-order valence-corrected chi connectivity index (χ1v) is 9.55. The van der Waals surface area contributed by atoms with Crippen LogP contribution in [0, 0.1) is 12.8 Å². The molecule has 0 spiro atoms. The van der Waals surface area contributed by atoms with Crippen LogP contribution in [0.15, 0.2) is 54.9 Å². The third-order valence-electron chi connectivity index (χ3n) is 5.28. The smallest absolute Gasteiger partial charge is 0.231 e. The predicted molar refractivity (Wildman–Crippen MR) is 109 cm³/mol. The molecular formula is C21H24N6O. The molecule has 28 heavy (non-hydrogen) atoms. The number of hydrogen-bond acceptors (Lipinski definition) is 5. The summed E-state index contributed by atoms with van der Waals surface area (Å²) < 4.78 is 1.90. The van der Waals surface area contributed by atoms with E-state index in [1.165, 1.54) is 0 Å². The molecule has 1 unspecified atom stereocenters. The van der Waals surface area contributed by atoms with E-state index in [2.05, 4.69) is 20.1 Å². The monoisotopic (exact) mass is 376 g/mol. The molecule has 7 nitrogen and oxygen atoms in total. The number of anilines is 2. The average Bonchev–Trinajstić information content (AvgIpc) is 3.19. The van der Waals surface area contributed by atoms with Crippen molar-refractivity contribution >= 4 is 17.4 Å². The third kappa shape index (κ3) is 3.60. The lowest BCUT2D eigenvalue weighted by molar-refractivity contribution is -0.122. The summed E-state index contributed by atoms with van der Waals surface area (Å²) in [4.78, 5) is 21.1. The van der Waals surface area contributed by atoms with Gasteiger partial charge in [0.1, 0.15) is 5.82 Å². The van der Waals surface area contributed by atoms with Crippen LogP contribution in [0.1, 0.15) is 18.7 Å². The zero-order chi connectivity index (χ0) is 19.5. The molecule has 0 N–H and O–H groups in total. The van der Waals surface area contributed by atoms with Crippen molar-refractivity contribution in [2.24, 2.45) is 5.92 Å². The normalized spacial score (nSPS) is 16.8. The first kappa shape index (κ1) is 18.2. The Morgan fingerprint density at radius 1 is 1.11 bits per heavy atom. The molecule has 0 radical (unpaired) electrons. The number of nitrogens with zero attached hydrogens (tertiary/aromatic N) is 6. The highest BCUT2D eigenvalue weighted by Crippen LogP contribution is 2.25. The van der Waals surface area contributed by atoms with Gasteiger partial charge in [0.15, 0.2) is 11.6 Å². The van der Waals surface area contributed by atoms with Gasteiger partial charge < -0.3 is 9.80 Å². The summed E-state index contributed by atoms with van der Waals surface area (Å²) in [6, 6.07) is 13.7. The molecule has 1 aliphatic heterocycles. The first-order chi connectivity index (χ1) is 13.6. The Bertz CT molecular complexity index is 937. The molecule has 0 aliphatic carbocycles. The van der Waals surface area contributed by atoms with Crippen LogP contribution in [0.25, 0.3) is 5.82 Å². The maximum Gasteiger partial charge on any atom is 0.231 e. The molecule has 0 bridgehead atoms. The van der Waals surface area contributed by atoms with Gasteiger partial charge in [0.25, 0.3) is 0 Å². The number of piperidine rings is 1. The van der Waals surface area contributed by atoms with Crippen molar-refractivity contribution in [3.63, 3.8) is 0 Å². The fraction of sp³-hybridized carbons (Fsp3) is 0.333. The number of aromatic nitrogens is 4. The highest BCUT2D eigenvalue weighted by molar-refractivity contribution is 5.94. The van der Waals surface area contributed by atoms with Gasteiger partial charge in [-0.1, -0.05) is 18.2 Å². The van der Waals surface area contributed by atoms with Crippen LogP contribution in [0.5, 0.6) is 0 Å². The number of amides is 1. The van der Waals surface area contributed by atoms with Gasteiger partial charge in [0.05, 0.1) is 5.92 Å². The van der Waals surface area contributed by atoms with E-state index in [-0.39, 0.29) is 11.8 Å². The number of carbonyl (C=O) groups excluding carboxylic acids is 1. The molecule has 0 saturated carbocycles. The second kappa shape index (κ2) is 7.80. The van der Waals surface area contributed by atoms with E-state index in [4.69, 9.17) is 0 Å². The minimum absolute atomic E-state index is 0.0451. The minimum atomic E-state index is -0.0451. The van der Waals surface area contributed by atoms with Gasteiger partial charge in [-0.15, -0.1) is 10.2 Å². The van der Waals surface area contributed by atoms with Crippen LogP contribution in [-0.2, 0) is 4.79 Å². The molecule has 2 aromatic heterocycles. The molecule has 1 aromatic carbocycles. The van der Waals surface area contributed by atoms with Gasteiger partial charge in [0.2, 0.25) is 5.91 Å². The summed E-state index contributed by atoms with van der Waals surface area (Å²) >= 11 is 0. The molecule has 7 heteroatoms. The maximum atomic E-state index is 13.0. The largest absolute Gasteiger partial charge is 0.354 e. The molecule has 3 aromatic rings. The van der Waals surface area contributed by atoms with Crippen molar-refractivity contribution < 1.29 is 4.79 Å². The highest BCUT2D eigenvalue weighted by atomic mass is 16.2. The highest BCUT2D eigenvalue weighted by Gasteiger charge is 2.29. The van der Waals surface area contributed by atoms with Crippen LogP contribution in [0.3, 0.4) is 0 Å². The summed E-state index contributed by atoms with van der Waals surface area (Å²) in [7, 11) is 1.85. The predicted octanol–water partition coefficient (Wildman–Crippen LogP) is 2.85. The lowest BCUT2D eigenvalue weighted by atomic mass is 9.96. The van der Waals surface area contributed by atoms with Crippen molar-refractivity contribution in [2.75, 3.05) is 29.9 Å². The number of aryl methyl sites for hydroxylation is 1. The molecular weight excluding hydrogens is 352 g/mol. The Labute approximate surface area is 164 Å². The van der Waals surface area contributed by atoms with Crippen LogP contribution >= 0.6 is 0 Å². The molecule has 1 aliphatic rings. The van der Waals surface area contributed by atoms with E-state index in [1.54, 1.807) is 11.1 Å². The molecule has 1 fully saturated rings. The zero-order valence-corrected chi connectivity index (χ0v) is 16.2. The molecule has 1 amide bonds. The molecule has 3 heterocycles. The van der Waals surface area contributed by atoms with Crippen molar-refractivity contribution in [3.05, 3.63) is 60.7 Å². The third-order valence-corrected chi connectivity index (χ3v) is 5.28. The summed E-state index contributed by atoms with van der Waals surface area (Å²) in [6.07, 6.45) is 5.47. The SMILES string of the molecule is Cc1nccn1-c1ccc(N2CCCC(C(=O)N(C)c3ccccc3)C2)nn1. The van der Waals surface area contributed by atoms with E-state index >= 15 is 0 Å². The molecule has 1 atom stereocenters. The van der Waals surface area contributed by atoms with E-state index in [9.17, 15) is 4.79 Å². The van der Waals surface area contributed by atoms with E-state index in [0.717, 1.165) is 42.5 Å². The summed E-state index contributed by atoms with van der Waals surface area (Å²) in [5, 5.41) is 8.74. The topological polar surface area (TPSA) is 67.2 Å². The second-order valence-corrected chi connectivity index (χ2v) is 7.11. The van der Waals surface area contributed by atoms with Crippen molar-refractivity contribution in [1.82, 2.24) is 19.7 Å². The summed E-state index contributed by atoms with van der Waals surface area (Å²) in [6.45, 7) is 3.48. The Morgan fingerprint density at radius 2 is 1.86 bits per heavy atom. The fourth-order valence-electron chi connectivity index (χ4n) is 3.67. The quantitative estimate of drug-likeness (QED) is 0.700. The number of rotatable bonds is 4. The van der Waals surface area contributed by atoms with Crippen molar-refractivity contribution in [1.29, 1.82) is 0 Å². The first-order valence-electron chi connectivity index (χ1n) is 9.55. The lowest BCUT2D eigenvalue weighted by Crippen LogP contribution is -2.44. The Morgan fingerprint density at radius 3 is 2.54 bits per heavy atom. The van der Waals surface area contributed by atoms with Crippen LogP contribution < -0.4 is 9.80 Å². The van der Waals surface area contributed by atoms with E-state index < -0.39 is 0 Å². The fourth-order valence-corrected chi connectivity index (χ4v) is 3.67. The number of hydrogen-bond donors (Lipinski definition) is 0. The molecule has 1 saturated heterocycles. The Kier molecular flexibility index (Phi) is 5.06. The van der Waals surface area contributed by atoms with Crippen LogP contribution in [0.2, 0.25) is 0 Å². The minimum Gasteiger partial charge on any atom is -0.354 e. The summed E-state index contributed by atoms with van der Waals surface area (Å²) in [5.41, 5.74) is 0.921.